The van der Waals surface area contributed by atoms with Crippen molar-refractivity contribution < 1.29 is 4.42 Å². The maximum atomic E-state index is 4.73. The highest BCUT2D eigenvalue weighted by atomic mass is 16.3. The molecule has 1 aromatic rings. The highest BCUT2D eigenvalue weighted by molar-refractivity contribution is 5.38. The van der Waals surface area contributed by atoms with E-state index >= 15 is 0 Å². The van der Waals surface area contributed by atoms with Crippen molar-refractivity contribution in [3.63, 3.8) is 0 Å². The largest absolute Gasteiger partial charge is 0.459 e. The predicted molar refractivity (Wildman–Crippen MR) is 36.3 cm³/mol. The lowest BCUT2D eigenvalue weighted by atomic mass is 10.4. The Hall–Kier alpha value is -0.920. The van der Waals surface area contributed by atoms with Crippen LogP contribution in [0, 0.1) is 6.26 Å². The molecule has 0 atom stereocenters. The fourth-order valence-corrected chi connectivity index (χ4v) is 0.622. The SMILES string of the molecule is CC(C)Nc1[c]occ1. The van der Waals surface area contributed by atoms with Gasteiger partial charge in [0.05, 0.1) is 12.0 Å². The molecule has 1 N–H and O–H groups in total. The van der Waals surface area contributed by atoms with Crippen LogP contribution in [0.4, 0.5) is 5.69 Å². The summed E-state index contributed by atoms with van der Waals surface area (Å²) in [6.45, 7) is 4.14. The fourth-order valence-electron chi connectivity index (χ4n) is 0.622. The van der Waals surface area contributed by atoms with Gasteiger partial charge in [0, 0.05) is 12.1 Å². The maximum Gasteiger partial charge on any atom is 0.194 e. The highest BCUT2D eigenvalue weighted by Crippen LogP contribution is 2.06. The van der Waals surface area contributed by atoms with Crippen LogP contribution in [-0.2, 0) is 0 Å². The van der Waals surface area contributed by atoms with E-state index in [1.54, 1.807) is 6.26 Å². The van der Waals surface area contributed by atoms with Crippen LogP contribution in [0.5, 0.6) is 0 Å². The van der Waals surface area contributed by atoms with Crippen LogP contribution in [0.1, 0.15) is 13.8 Å². The first kappa shape index (κ1) is 6.20. The summed E-state index contributed by atoms with van der Waals surface area (Å²) >= 11 is 0. The van der Waals surface area contributed by atoms with Crippen molar-refractivity contribution in [1.29, 1.82) is 0 Å². The van der Waals surface area contributed by atoms with Gasteiger partial charge in [-0.1, -0.05) is 0 Å². The van der Waals surface area contributed by atoms with Crippen molar-refractivity contribution >= 4 is 5.69 Å². The van der Waals surface area contributed by atoms with Crippen molar-refractivity contribution in [3.8, 4) is 0 Å². The summed E-state index contributed by atoms with van der Waals surface area (Å²) in [7, 11) is 0. The summed E-state index contributed by atoms with van der Waals surface area (Å²) in [5.41, 5.74) is 0.921. The zero-order chi connectivity index (χ0) is 6.69. The Morgan fingerprint density at radius 1 is 1.67 bits per heavy atom. The van der Waals surface area contributed by atoms with E-state index in [4.69, 9.17) is 4.42 Å². The normalized spacial score (nSPS) is 10.1. The molecule has 2 heteroatoms. The Morgan fingerprint density at radius 3 is 2.89 bits per heavy atom. The van der Waals surface area contributed by atoms with Gasteiger partial charge in [-0.15, -0.1) is 0 Å². The lowest BCUT2D eigenvalue weighted by Crippen LogP contribution is -2.08. The molecule has 1 radical (unpaired) electrons. The topological polar surface area (TPSA) is 25.2 Å². The molecule has 0 aliphatic heterocycles. The second-order valence-corrected chi connectivity index (χ2v) is 2.24. The maximum absolute atomic E-state index is 4.73. The molecule has 1 heterocycles. The number of hydrogen-bond donors (Lipinski definition) is 1. The molecular weight excluding hydrogens is 114 g/mol. The Bertz CT molecular complexity index is 155. The van der Waals surface area contributed by atoms with E-state index < -0.39 is 0 Å². The summed E-state index contributed by atoms with van der Waals surface area (Å²) in [5.74, 6) is 0. The summed E-state index contributed by atoms with van der Waals surface area (Å²) in [6.07, 6.45) is 4.28. The smallest absolute Gasteiger partial charge is 0.194 e. The van der Waals surface area contributed by atoms with Crippen LogP contribution >= 0.6 is 0 Å². The molecule has 0 saturated carbocycles. The van der Waals surface area contributed by atoms with Crippen LogP contribution in [0.25, 0.3) is 0 Å². The van der Waals surface area contributed by atoms with Gasteiger partial charge in [0.25, 0.3) is 0 Å². The minimum atomic E-state index is 0.443. The number of rotatable bonds is 2. The summed E-state index contributed by atoms with van der Waals surface area (Å²) < 4.78 is 4.73. The van der Waals surface area contributed by atoms with Gasteiger partial charge in [-0.2, -0.15) is 0 Å². The zero-order valence-corrected chi connectivity index (χ0v) is 5.64. The molecule has 9 heavy (non-hydrogen) atoms. The molecule has 0 aliphatic rings. The third-order valence-corrected chi connectivity index (χ3v) is 0.916. The predicted octanol–water partition coefficient (Wildman–Crippen LogP) is 1.90. The van der Waals surface area contributed by atoms with E-state index in [0.717, 1.165) is 5.69 Å². The third-order valence-electron chi connectivity index (χ3n) is 0.916. The number of furan rings is 1. The second-order valence-electron chi connectivity index (χ2n) is 2.24. The van der Waals surface area contributed by atoms with Gasteiger partial charge in [0.15, 0.2) is 6.26 Å². The lowest BCUT2D eigenvalue weighted by Gasteiger charge is -2.04. The monoisotopic (exact) mass is 124 g/mol. The number of anilines is 1. The molecular formula is C7H10NO. The van der Waals surface area contributed by atoms with Crippen LogP contribution < -0.4 is 5.32 Å². The summed E-state index contributed by atoms with van der Waals surface area (Å²) in [5, 5.41) is 3.14. The first-order valence-corrected chi connectivity index (χ1v) is 3.01. The van der Waals surface area contributed by atoms with Crippen LogP contribution in [0.3, 0.4) is 0 Å². The molecule has 0 unspecified atom stereocenters. The van der Waals surface area contributed by atoms with E-state index in [1.807, 2.05) is 6.07 Å². The Labute approximate surface area is 54.9 Å². The molecule has 0 fully saturated rings. The van der Waals surface area contributed by atoms with Crippen molar-refractivity contribution in [2.45, 2.75) is 19.9 Å². The number of nitrogens with one attached hydrogen (secondary N) is 1. The van der Waals surface area contributed by atoms with Crippen LogP contribution in [0.15, 0.2) is 16.7 Å². The average molecular weight is 124 g/mol. The van der Waals surface area contributed by atoms with Crippen molar-refractivity contribution in [2.75, 3.05) is 5.32 Å². The fraction of sp³-hybridized carbons (Fsp3) is 0.429. The molecule has 1 aromatic heterocycles. The van der Waals surface area contributed by atoms with Gasteiger partial charge in [-0.3, -0.25) is 0 Å². The zero-order valence-electron chi connectivity index (χ0n) is 5.64. The van der Waals surface area contributed by atoms with Crippen molar-refractivity contribution in [2.24, 2.45) is 0 Å². The van der Waals surface area contributed by atoms with Gasteiger partial charge in [0.2, 0.25) is 0 Å². The van der Waals surface area contributed by atoms with Crippen molar-refractivity contribution in [3.05, 3.63) is 18.6 Å². The Balaban J connectivity index is 2.48. The van der Waals surface area contributed by atoms with Gasteiger partial charge >= 0.3 is 0 Å². The molecule has 0 amide bonds. The highest BCUT2D eigenvalue weighted by Gasteiger charge is 1.94. The van der Waals surface area contributed by atoms with E-state index in [1.165, 1.54) is 0 Å². The van der Waals surface area contributed by atoms with Gasteiger partial charge in [0.1, 0.15) is 0 Å². The van der Waals surface area contributed by atoms with Crippen LogP contribution in [-0.4, -0.2) is 6.04 Å². The Kier molecular flexibility index (Phi) is 1.78. The van der Waals surface area contributed by atoms with Gasteiger partial charge in [-0.25, -0.2) is 0 Å². The van der Waals surface area contributed by atoms with E-state index in [9.17, 15) is 0 Å². The van der Waals surface area contributed by atoms with E-state index in [-0.39, 0.29) is 0 Å². The standard InChI is InChI=1S/C7H10NO/c1-6(2)8-7-3-4-9-5-7/h3-4,6,8H,1-2H3. The third kappa shape index (κ3) is 1.80. The molecule has 0 aromatic carbocycles. The molecule has 49 valence electrons. The Morgan fingerprint density at radius 2 is 2.44 bits per heavy atom. The molecule has 0 spiro atoms. The van der Waals surface area contributed by atoms with E-state index in [0.29, 0.717) is 6.04 Å². The summed E-state index contributed by atoms with van der Waals surface area (Å²) in [6, 6.07) is 2.29. The molecule has 0 aliphatic carbocycles. The lowest BCUT2D eigenvalue weighted by molar-refractivity contribution is 0.558. The second kappa shape index (κ2) is 2.58. The van der Waals surface area contributed by atoms with E-state index in [2.05, 4.69) is 25.4 Å². The first-order valence-electron chi connectivity index (χ1n) is 3.01. The van der Waals surface area contributed by atoms with Gasteiger partial charge in [-0.05, 0) is 13.8 Å². The molecule has 2 nitrogen and oxygen atoms in total. The number of hydrogen-bond acceptors (Lipinski definition) is 2. The molecule has 1 rings (SSSR count). The summed E-state index contributed by atoms with van der Waals surface area (Å²) in [4.78, 5) is 0. The molecule has 0 saturated heterocycles. The average Bonchev–Trinajstić information content (AvgIpc) is 2.15. The van der Waals surface area contributed by atoms with Crippen molar-refractivity contribution in [1.82, 2.24) is 0 Å². The van der Waals surface area contributed by atoms with Crippen LogP contribution in [0.2, 0.25) is 0 Å². The minimum Gasteiger partial charge on any atom is -0.459 e. The first-order chi connectivity index (χ1) is 4.29. The molecule has 0 bridgehead atoms. The quantitative estimate of drug-likeness (QED) is 0.651. The minimum absolute atomic E-state index is 0.443. The van der Waals surface area contributed by atoms with Gasteiger partial charge < -0.3 is 9.73 Å².